The molecule has 30 heavy (non-hydrogen) atoms. The normalized spacial score (nSPS) is 20.2. The zero-order valence-corrected chi connectivity index (χ0v) is 17.7. The number of carboxylic acid groups (broad SMARTS) is 2. The number of carbonyl (C=O) groups is 3. The number of nitrogens with zero attached hydrogens (tertiary/aromatic N) is 1. The highest BCUT2D eigenvalue weighted by atomic mass is 16.5. The van der Waals surface area contributed by atoms with Gasteiger partial charge in [-0.3, -0.25) is 4.79 Å². The lowest BCUT2D eigenvalue weighted by atomic mass is 10.0. The van der Waals surface area contributed by atoms with E-state index in [1.807, 2.05) is 38.1 Å². The number of likely N-dealkylation sites (tertiary alicyclic amines) is 1. The minimum Gasteiger partial charge on any atom is -0.494 e. The molecule has 1 aromatic rings. The number of ether oxygens (including phenoxy) is 1. The molecule has 166 valence electrons. The van der Waals surface area contributed by atoms with E-state index in [1.165, 1.54) is 32.4 Å². The van der Waals surface area contributed by atoms with E-state index in [4.69, 9.17) is 24.5 Å². The minimum atomic E-state index is -1.82. The van der Waals surface area contributed by atoms with Crippen molar-refractivity contribution in [1.29, 1.82) is 0 Å². The monoisotopic (exact) mass is 420 g/mol. The Morgan fingerprint density at radius 3 is 2.13 bits per heavy atom. The molecule has 0 spiro atoms. The van der Waals surface area contributed by atoms with E-state index in [2.05, 4.69) is 10.2 Å². The van der Waals surface area contributed by atoms with Gasteiger partial charge in [0.05, 0.1) is 6.61 Å². The topological polar surface area (TPSA) is 116 Å². The van der Waals surface area contributed by atoms with Crippen LogP contribution in [0.1, 0.15) is 39.5 Å². The molecule has 2 atom stereocenters. The molecule has 1 aromatic carbocycles. The lowest BCUT2D eigenvalue weighted by Crippen LogP contribution is -2.24. The van der Waals surface area contributed by atoms with Gasteiger partial charge in [-0.2, -0.15) is 0 Å². The number of carboxylic acids is 2. The van der Waals surface area contributed by atoms with E-state index in [0.717, 1.165) is 42.8 Å². The summed E-state index contributed by atoms with van der Waals surface area (Å²) >= 11 is 0. The molecule has 3 N–H and O–H groups in total. The third kappa shape index (κ3) is 7.67. The maximum Gasteiger partial charge on any atom is 0.414 e. The van der Waals surface area contributed by atoms with Crippen molar-refractivity contribution in [3.63, 3.8) is 0 Å². The summed E-state index contributed by atoms with van der Waals surface area (Å²) in [5, 5.41) is 17.7. The van der Waals surface area contributed by atoms with E-state index in [9.17, 15) is 4.79 Å². The summed E-state index contributed by atoms with van der Waals surface area (Å²) in [7, 11) is 0. The zero-order chi connectivity index (χ0) is 22.1. The number of aliphatic carboxylic acids is 2. The summed E-state index contributed by atoms with van der Waals surface area (Å²) in [5.74, 6) is -0.801. The molecule has 0 radical (unpaired) electrons. The highest BCUT2D eigenvalue weighted by molar-refractivity contribution is 6.27. The summed E-state index contributed by atoms with van der Waals surface area (Å²) in [6.07, 6.45) is 5.40. The summed E-state index contributed by atoms with van der Waals surface area (Å²) in [6.45, 7) is 8.28. The van der Waals surface area contributed by atoms with Crippen molar-refractivity contribution >= 4 is 23.5 Å². The first kappa shape index (κ1) is 23.7. The predicted octanol–water partition coefficient (Wildman–Crippen LogP) is 2.94. The highest BCUT2D eigenvalue weighted by Gasteiger charge is 2.35. The van der Waals surface area contributed by atoms with Crippen LogP contribution in [-0.4, -0.2) is 59.2 Å². The molecule has 0 aromatic heterocycles. The van der Waals surface area contributed by atoms with Crippen LogP contribution in [0.4, 0.5) is 5.69 Å². The molecule has 1 heterocycles. The van der Waals surface area contributed by atoms with Crippen molar-refractivity contribution in [3.05, 3.63) is 24.3 Å². The van der Waals surface area contributed by atoms with Crippen LogP contribution < -0.4 is 10.1 Å². The number of fused-ring (bicyclic) bond motifs is 1. The summed E-state index contributed by atoms with van der Waals surface area (Å²) < 4.78 is 5.83. The quantitative estimate of drug-likeness (QED) is 0.459. The number of rotatable bonds is 7. The Kier molecular flexibility index (Phi) is 9.11. The van der Waals surface area contributed by atoms with E-state index in [1.54, 1.807) is 0 Å². The Labute approximate surface area is 177 Å². The predicted molar refractivity (Wildman–Crippen MR) is 113 cm³/mol. The minimum absolute atomic E-state index is 0.00829. The molecule has 0 bridgehead atoms. The van der Waals surface area contributed by atoms with Crippen molar-refractivity contribution < 1.29 is 29.3 Å². The Balaban J connectivity index is 0.000000469. The number of benzene rings is 1. The number of amides is 1. The van der Waals surface area contributed by atoms with Crippen molar-refractivity contribution in [2.24, 2.45) is 17.8 Å². The smallest absolute Gasteiger partial charge is 0.414 e. The van der Waals surface area contributed by atoms with Crippen molar-refractivity contribution in [3.8, 4) is 5.75 Å². The molecule has 1 aliphatic carbocycles. The molecule has 1 aliphatic heterocycles. The van der Waals surface area contributed by atoms with Gasteiger partial charge in [0, 0.05) is 31.2 Å². The molecule has 8 heteroatoms. The summed E-state index contributed by atoms with van der Waals surface area (Å²) in [4.78, 5) is 32.5. The highest BCUT2D eigenvalue weighted by Crippen LogP contribution is 2.37. The second-order valence-corrected chi connectivity index (χ2v) is 8.19. The number of hydrogen-bond donors (Lipinski definition) is 3. The lowest BCUT2D eigenvalue weighted by Gasteiger charge is -2.16. The Hall–Kier alpha value is -2.61. The molecular formula is C22H32N2O6. The number of carbonyl (C=O) groups excluding carboxylic acids is 1. The molecule has 1 saturated heterocycles. The zero-order valence-electron chi connectivity index (χ0n) is 17.7. The van der Waals surface area contributed by atoms with Gasteiger partial charge in [-0.1, -0.05) is 20.3 Å². The fourth-order valence-corrected chi connectivity index (χ4v) is 3.91. The van der Waals surface area contributed by atoms with Gasteiger partial charge in [-0.25, -0.2) is 9.59 Å². The van der Waals surface area contributed by atoms with Crippen LogP contribution >= 0.6 is 0 Å². The largest absolute Gasteiger partial charge is 0.494 e. The first-order valence-corrected chi connectivity index (χ1v) is 10.5. The van der Waals surface area contributed by atoms with Crippen molar-refractivity contribution in [1.82, 2.24) is 4.90 Å². The first-order chi connectivity index (χ1) is 14.3. The van der Waals surface area contributed by atoms with Crippen LogP contribution in [0.15, 0.2) is 24.3 Å². The Morgan fingerprint density at radius 1 is 1.07 bits per heavy atom. The maximum atomic E-state index is 11.7. The molecule has 2 unspecified atom stereocenters. The molecule has 2 fully saturated rings. The molecule has 3 rings (SSSR count). The molecule has 2 aliphatic rings. The summed E-state index contributed by atoms with van der Waals surface area (Å²) in [5.41, 5.74) is 0.824. The molecule has 1 saturated carbocycles. The van der Waals surface area contributed by atoms with E-state index < -0.39 is 11.9 Å². The third-order valence-electron chi connectivity index (χ3n) is 5.52. The average molecular weight is 421 g/mol. The van der Waals surface area contributed by atoms with E-state index in [0.29, 0.717) is 0 Å². The third-order valence-corrected chi connectivity index (χ3v) is 5.52. The second kappa shape index (κ2) is 11.5. The van der Waals surface area contributed by atoms with Gasteiger partial charge in [0.2, 0.25) is 5.91 Å². The van der Waals surface area contributed by atoms with Crippen LogP contribution in [0.5, 0.6) is 5.75 Å². The second-order valence-electron chi connectivity index (χ2n) is 8.19. The molecule has 1 amide bonds. The number of anilines is 1. The van der Waals surface area contributed by atoms with Crippen LogP contribution in [0.2, 0.25) is 0 Å². The summed E-state index contributed by atoms with van der Waals surface area (Å²) in [6, 6.07) is 7.65. The van der Waals surface area contributed by atoms with Gasteiger partial charge >= 0.3 is 11.9 Å². The maximum absolute atomic E-state index is 11.7. The average Bonchev–Trinajstić information content (AvgIpc) is 3.28. The SMILES string of the molecule is CC(C)C(=O)Nc1ccc(OCCCN2CC3CCCC3C2)cc1.O=C(O)C(=O)O. The van der Waals surface area contributed by atoms with E-state index >= 15 is 0 Å². The van der Waals surface area contributed by atoms with Crippen LogP contribution in [-0.2, 0) is 14.4 Å². The van der Waals surface area contributed by atoms with Gasteiger partial charge in [-0.15, -0.1) is 0 Å². The van der Waals surface area contributed by atoms with Crippen LogP contribution in [0.25, 0.3) is 0 Å². The Morgan fingerprint density at radius 2 is 1.63 bits per heavy atom. The van der Waals surface area contributed by atoms with Gasteiger partial charge in [0.25, 0.3) is 0 Å². The molecule has 8 nitrogen and oxygen atoms in total. The number of nitrogens with one attached hydrogen (secondary N) is 1. The standard InChI is InChI=1S/C20H30N2O2.C2H2O4/c1-15(2)20(23)21-18-7-9-19(10-8-18)24-12-4-11-22-13-16-5-3-6-17(16)14-22;3-1(4)2(5)6/h7-10,15-17H,3-6,11-14H2,1-2H3,(H,21,23);(H,3,4)(H,5,6). The van der Waals surface area contributed by atoms with Crippen molar-refractivity contribution in [2.45, 2.75) is 39.5 Å². The van der Waals surface area contributed by atoms with Gasteiger partial charge in [0.1, 0.15) is 5.75 Å². The van der Waals surface area contributed by atoms with E-state index in [-0.39, 0.29) is 11.8 Å². The van der Waals surface area contributed by atoms with Crippen LogP contribution in [0.3, 0.4) is 0 Å². The Bertz CT molecular complexity index is 695. The van der Waals surface area contributed by atoms with Gasteiger partial charge in [-0.05, 0) is 55.4 Å². The van der Waals surface area contributed by atoms with Gasteiger partial charge < -0.3 is 25.2 Å². The van der Waals surface area contributed by atoms with Crippen LogP contribution in [0, 0.1) is 17.8 Å². The lowest BCUT2D eigenvalue weighted by molar-refractivity contribution is -0.159. The first-order valence-electron chi connectivity index (χ1n) is 10.5. The molecular weight excluding hydrogens is 388 g/mol. The number of hydrogen-bond acceptors (Lipinski definition) is 5. The van der Waals surface area contributed by atoms with Crippen molar-refractivity contribution in [2.75, 3.05) is 31.6 Å². The fraction of sp³-hybridized carbons (Fsp3) is 0.591. The fourth-order valence-electron chi connectivity index (χ4n) is 3.91. The van der Waals surface area contributed by atoms with Gasteiger partial charge in [0.15, 0.2) is 0 Å².